The summed E-state index contributed by atoms with van der Waals surface area (Å²) in [5.74, 6) is 0. The molecule has 2 rings (SSSR count). The molecular formula is C11H15ClN2O4S2. The van der Waals surface area contributed by atoms with Crippen molar-refractivity contribution in [3.63, 3.8) is 0 Å². The molecule has 0 aromatic carbocycles. The molecule has 1 aromatic rings. The predicted octanol–water partition coefficient (Wildman–Crippen LogP) is 3.26. The van der Waals surface area contributed by atoms with Gasteiger partial charge in [0.25, 0.3) is 15.7 Å². The molecule has 0 N–H and O–H groups in total. The molecule has 6 nitrogen and oxygen atoms in total. The number of hydrogen-bond donors (Lipinski definition) is 0. The second-order valence-corrected chi connectivity index (χ2v) is 8.67. The molecule has 0 aliphatic carbocycles. The van der Waals surface area contributed by atoms with Gasteiger partial charge in [-0.1, -0.05) is 18.0 Å². The number of nitro groups is 1. The van der Waals surface area contributed by atoms with Crippen molar-refractivity contribution in [1.82, 2.24) is 4.31 Å². The van der Waals surface area contributed by atoms with Gasteiger partial charge in [0.15, 0.2) is 4.34 Å². The zero-order valence-corrected chi connectivity index (χ0v) is 13.5. The fourth-order valence-electron chi connectivity index (χ4n) is 2.57. The van der Waals surface area contributed by atoms with E-state index in [1.54, 1.807) is 0 Å². The minimum absolute atomic E-state index is 0.0604. The van der Waals surface area contributed by atoms with E-state index in [4.69, 9.17) is 11.6 Å². The van der Waals surface area contributed by atoms with E-state index < -0.39 is 14.9 Å². The summed E-state index contributed by atoms with van der Waals surface area (Å²) in [6, 6.07) is 0.837. The van der Waals surface area contributed by atoms with Crippen molar-refractivity contribution in [1.29, 1.82) is 0 Å². The zero-order chi connectivity index (χ0) is 15.1. The van der Waals surface area contributed by atoms with Gasteiger partial charge in [-0.25, -0.2) is 8.42 Å². The fraction of sp³-hybridized carbons (Fsp3) is 0.636. The van der Waals surface area contributed by atoms with Crippen LogP contribution in [-0.2, 0) is 10.0 Å². The van der Waals surface area contributed by atoms with Crippen LogP contribution in [0.4, 0.5) is 5.69 Å². The van der Waals surface area contributed by atoms with Gasteiger partial charge in [0.05, 0.1) is 4.92 Å². The molecule has 1 fully saturated rings. The second-order valence-electron chi connectivity index (χ2n) is 4.95. The first-order chi connectivity index (χ1) is 9.25. The van der Waals surface area contributed by atoms with Crippen LogP contribution in [0.15, 0.2) is 10.3 Å². The summed E-state index contributed by atoms with van der Waals surface area (Å²) in [5.41, 5.74) is -0.354. The molecule has 1 aliphatic rings. The summed E-state index contributed by atoms with van der Waals surface area (Å²) >= 11 is 6.49. The van der Waals surface area contributed by atoms with Crippen LogP contribution in [0.2, 0.25) is 4.34 Å². The summed E-state index contributed by atoms with van der Waals surface area (Å²) in [7, 11) is -3.73. The molecule has 0 unspecified atom stereocenters. The van der Waals surface area contributed by atoms with E-state index >= 15 is 0 Å². The molecule has 1 saturated heterocycles. The minimum atomic E-state index is -3.73. The summed E-state index contributed by atoms with van der Waals surface area (Å²) in [5, 5.41) is 10.8. The van der Waals surface area contributed by atoms with Crippen molar-refractivity contribution in [2.45, 2.75) is 49.4 Å². The average Bonchev–Trinajstić information content (AvgIpc) is 2.71. The highest BCUT2D eigenvalue weighted by Gasteiger charge is 2.38. The molecule has 0 spiro atoms. The summed E-state index contributed by atoms with van der Waals surface area (Å²) in [6.07, 6.45) is 2.58. The van der Waals surface area contributed by atoms with Crippen LogP contribution in [0.3, 0.4) is 0 Å². The number of thiophene rings is 1. The third kappa shape index (κ3) is 2.69. The van der Waals surface area contributed by atoms with Gasteiger partial charge in [-0.3, -0.25) is 10.1 Å². The lowest BCUT2D eigenvalue weighted by molar-refractivity contribution is -0.384. The van der Waals surface area contributed by atoms with Crippen LogP contribution in [0, 0.1) is 10.1 Å². The first-order valence-electron chi connectivity index (χ1n) is 6.22. The lowest BCUT2D eigenvalue weighted by Gasteiger charge is -2.37. The maximum atomic E-state index is 12.7. The molecule has 2 heterocycles. The van der Waals surface area contributed by atoms with Crippen LogP contribution in [0.25, 0.3) is 0 Å². The van der Waals surface area contributed by atoms with Gasteiger partial charge in [0.1, 0.15) is 4.21 Å². The molecule has 0 amide bonds. The van der Waals surface area contributed by atoms with E-state index in [1.807, 2.05) is 13.8 Å². The maximum Gasteiger partial charge on any atom is 0.300 e. The van der Waals surface area contributed by atoms with Crippen molar-refractivity contribution < 1.29 is 13.3 Å². The third-order valence-electron chi connectivity index (χ3n) is 3.49. The molecular weight excluding hydrogens is 324 g/mol. The van der Waals surface area contributed by atoms with Gasteiger partial charge in [0.2, 0.25) is 0 Å². The van der Waals surface area contributed by atoms with Gasteiger partial charge in [-0.15, -0.1) is 11.3 Å². The molecule has 0 radical (unpaired) electrons. The van der Waals surface area contributed by atoms with Crippen molar-refractivity contribution >= 4 is 38.6 Å². The second kappa shape index (κ2) is 5.59. The van der Waals surface area contributed by atoms with Crippen LogP contribution >= 0.6 is 22.9 Å². The van der Waals surface area contributed by atoms with Gasteiger partial charge in [-0.05, 0) is 26.7 Å². The average molecular weight is 339 g/mol. The molecule has 20 heavy (non-hydrogen) atoms. The van der Waals surface area contributed by atoms with Gasteiger partial charge < -0.3 is 0 Å². The Morgan fingerprint density at radius 2 is 1.95 bits per heavy atom. The molecule has 112 valence electrons. The number of piperidine rings is 1. The highest BCUT2D eigenvalue weighted by atomic mass is 35.5. The third-order valence-corrected chi connectivity index (χ3v) is 7.40. The van der Waals surface area contributed by atoms with Crippen LogP contribution in [0.5, 0.6) is 0 Å². The van der Waals surface area contributed by atoms with Gasteiger partial charge >= 0.3 is 0 Å². The van der Waals surface area contributed by atoms with E-state index in [1.165, 1.54) is 4.31 Å². The van der Waals surface area contributed by atoms with Crippen LogP contribution in [0.1, 0.15) is 33.1 Å². The lowest BCUT2D eigenvalue weighted by atomic mass is 10.0. The highest BCUT2D eigenvalue weighted by molar-refractivity contribution is 7.91. The van der Waals surface area contributed by atoms with E-state index in [-0.39, 0.29) is 26.3 Å². The highest BCUT2D eigenvalue weighted by Crippen LogP contribution is 2.39. The summed E-state index contributed by atoms with van der Waals surface area (Å²) in [4.78, 5) is 10.1. The molecule has 1 aliphatic heterocycles. The topological polar surface area (TPSA) is 80.5 Å². The quantitative estimate of drug-likeness (QED) is 0.625. The molecule has 1 aromatic heterocycles. The number of nitrogens with zero attached hydrogens (tertiary/aromatic N) is 2. The Bertz CT molecular complexity index is 618. The van der Waals surface area contributed by atoms with Gasteiger partial charge in [-0.2, -0.15) is 4.31 Å². The monoisotopic (exact) mass is 338 g/mol. The Hall–Kier alpha value is -0.700. The number of rotatable bonds is 3. The Morgan fingerprint density at radius 1 is 1.40 bits per heavy atom. The first-order valence-corrected chi connectivity index (χ1v) is 8.86. The lowest BCUT2D eigenvalue weighted by Crippen LogP contribution is -2.47. The largest absolute Gasteiger partial charge is 0.300 e. The van der Waals surface area contributed by atoms with Crippen molar-refractivity contribution in [3.05, 3.63) is 20.5 Å². The number of sulfonamides is 1. The standard InChI is InChI=1S/C11H15ClN2O4S2/c1-7-4-3-5-8(2)13(7)20(17,18)10-6-9(14(15)16)11(12)19-10/h6-8H,3-5H2,1-2H3/t7-,8+. The summed E-state index contributed by atoms with van der Waals surface area (Å²) in [6.45, 7) is 3.72. The molecule has 9 heteroatoms. The predicted molar refractivity (Wildman–Crippen MR) is 77.8 cm³/mol. The van der Waals surface area contributed by atoms with Crippen molar-refractivity contribution in [2.75, 3.05) is 0 Å². The van der Waals surface area contributed by atoms with E-state index in [0.717, 1.165) is 36.7 Å². The van der Waals surface area contributed by atoms with E-state index in [2.05, 4.69) is 0 Å². The van der Waals surface area contributed by atoms with E-state index in [0.29, 0.717) is 0 Å². The normalized spacial score (nSPS) is 24.8. The van der Waals surface area contributed by atoms with Crippen LogP contribution < -0.4 is 0 Å². The molecule has 0 bridgehead atoms. The van der Waals surface area contributed by atoms with Gasteiger partial charge in [0, 0.05) is 18.2 Å². The minimum Gasteiger partial charge on any atom is -0.258 e. The number of hydrogen-bond acceptors (Lipinski definition) is 5. The van der Waals surface area contributed by atoms with Crippen molar-refractivity contribution in [2.24, 2.45) is 0 Å². The fourth-order valence-corrected chi connectivity index (χ4v) is 6.22. The molecule has 2 atom stereocenters. The Morgan fingerprint density at radius 3 is 2.40 bits per heavy atom. The first kappa shape index (κ1) is 15.7. The smallest absolute Gasteiger partial charge is 0.258 e. The Labute approximate surface area is 126 Å². The SMILES string of the molecule is C[C@@H]1CCC[C@H](C)N1S(=O)(=O)c1cc([N+](=O)[O-])c(Cl)s1. The number of halogens is 1. The maximum absolute atomic E-state index is 12.7. The van der Waals surface area contributed by atoms with E-state index in [9.17, 15) is 18.5 Å². The van der Waals surface area contributed by atoms with Crippen molar-refractivity contribution in [3.8, 4) is 0 Å². The Kier molecular flexibility index (Phi) is 4.38. The summed E-state index contributed by atoms with van der Waals surface area (Å²) < 4.78 is 26.6. The zero-order valence-electron chi connectivity index (χ0n) is 11.1. The molecule has 0 saturated carbocycles. The Balaban J connectivity index is 2.44. The van der Waals surface area contributed by atoms with Crippen LogP contribution in [-0.4, -0.2) is 29.7 Å².